The minimum absolute atomic E-state index is 0.231. The Hall–Kier alpha value is -0.610. The molecular weight excluding hydrogens is 132 g/mol. The fourth-order valence-electron chi connectivity index (χ4n) is 0. The molecule has 0 fully saturated rings. The van der Waals surface area contributed by atoms with Crippen molar-refractivity contribution in [1.29, 1.82) is 0 Å². The minimum Gasteiger partial charge on any atom is -0.481 e. The molecule has 4 nitrogen and oxygen atoms in total. The van der Waals surface area contributed by atoms with Gasteiger partial charge in [0.25, 0.3) is 0 Å². The van der Waals surface area contributed by atoms with E-state index in [1.165, 1.54) is 0 Å². The first-order valence-electron chi connectivity index (χ1n) is 3.19. The van der Waals surface area contributed by atoms with Gasteiger partial charge in [-0.05, 0) is 0 Å². The Morgan fingerprint density at radius 1 is 1.40 bits per heavy atom. The Kier molecular flexibility index (Phi) is 10.2. The van der Waals surface area contributed by atoms with Crippen LogP contribution in [0, 0.1) is 5.92 Å². The Balaban J connectivity index is 0. The van der Waals surface area contributed by atoms with Crippen LogP contribution in [0.4, 0.5) is 0 Å². The number of carboxylic acids is 1. The lowest BCUT2D eigenvalue weighted by Gasteiger charge is -1.89. The lowest BCUT2D eigenvalue weighted by Crippen LogP contribution is -2.11. The van der Waals surface area contributed by atoms with Crippen molar-refractivity contribution in [2.75, 3.05) is 13.1 Å². The average Bonchev–Trinajstić information content (AvgIpc) is 1.89. The first-order valence-corrected chi connectivity index (χ1v) is 3.19. The third kappa shape index (κ3) is 15.7. The van der Waals surface area contributed by atoms with Crippen molar-refractivity contribution in [3.05, 3.63) is 0 Å². The van der Waals surface area contributed by atoms with Gasteiger partial charge in [0.1, 0.15) is 0 Å². The molecular formula is C6H16N2O2. The maximum atomic E-state index is 9.70. The van der Waals surface area contributed by atoms with E-state index in [1.807, 2.05) is 0 Å². The van der Waals surface area contributed by atoms with Gasteiger partial charge >= 0.3 is 5.97 Å². The van der Waals surface area contributed by atoms with Gasteiger partial charge < -0.3 is 16.6 Å². The van der Waals surface area contributed by atoms with Gasteiger partial charge in [-0.1, -0.05) is 13.8 Å². The second-order valence-corrected chi connectivity index (χ2v) is 2.07. The zero-order valence-corrected chi connectivity index (χ0v) is 6.50. The Morgan fingerprint density at radius 2 is 1.60 bits per heavy atom. The topological polar surface area (TPSA) is 89.3 Å². The highest BCUT2D eigenvalue weighted by molar-refractivity contribution is 5.68. The molecule has 0 aliphatic heterocycles. The highest BCUT2D eigenvalue weighted by Gasteiger charge is 1.99. The summed E-state index contributed by atoms with van der Waals surface area (Å²) in [4.78, 5) is 9.70. The van der Waals surface area contributed by atoms with Crippen molar-refractivity contribution < 1.29 is 9.90 Å². The van der Waals surface area contributed by atoms with E-state index < -0.39 is 5.97 Å². The number of carboxylic acid groups (broad SMARTS) is 1. The maximum absolute atomic E-state index is 9.70. The van der Waals surface area contributed by atoms with Gasteiger partial charge in [-0.15, -0.1) is 0 Å². The molecule has 0 aliphatic carbocycles. The van der Waals surface area contributed by atoms with Crippen LogP contribution < -0.4 is 11.5 Å². The van der Waals surface area contributed by atoms with Crippen LogP contribution in [0.25, 0.3) is 0 Å². The monoisotopic (exact) mass is 148 g/mol. The summed E-state index contributed by atoms with van der Waals surface area (Å²) in [5.41, 5.74) is 9.81. The Morgan fingerprint density at radius 3 is 1.60 bits per heavy atom. The van der Waals surface area contributed by atoms with E-state index >= 15 is 0 Å². The molecule has 0 aromatic heterocycles. The molecule has 0 radical (unpaired) electrons. The van der Waals surface area contributed by atoms with Crippen molar-refractivity contribution in [2.45, 2.75) is 13.8 Å². The molecule has 0 aliphatic rings. The molecule has 0 unspecified atom stereocenters. The SMILES string of the molecule is CC(C)C(=O)O.NCCN. The third-order valence-corrected chi connectivity index (χ3v) is 0.661. The standard InChI is InChI=1S/C4H8O2.C2H8N2/c1-3(2)4(5)6;3-1-2-4/h3H,1-2H3,(H,5,6);1-4H2. The van der Waals surface area contributed by atoms with Crippen LogP contribution in [0.1, 0.15) is 13.8 Å². The van der Waals surface area contributed by atoms with Crippen LogP contribution in [0.15, 0.2) is 0 Å². The molecule has 10 heavy (non-hydrogen) atoms. The Labute approximate surface area is 61.2 Å². The summed E-state index contributed by atoms with van der Waals surface area (Å²) >= 11 is 0. The van der Waals surface area contributed by atoms with Gasteiger partial charge in [0.05, 0.1) is 5.92 Å². The summed E-state index contributed by atoms with van der Waals surface area (Å²) < 4.78 is 0. The van der Waals surface area contributed by atoms with E-state index in [1.54, 1.807) is 13.8 Å². The van der Waals surface area contributed by atoms with Crippen molar-refractivity contribution in [3.8, 4) is 0 Å². The van der Waals surface area contributed by atoms with Crippen LogP contribution in [-0.4, -0.2) is 24.2 Å². The van der Waals surface area contributed by atoms with Crippen LogP contribution in [0.5, 0.6) is 0 Å². The predicted molar refractivity (Wildman–Crippen MR) is 40.6 cm³/mol. The van der Waals surface area contributed by atoms with E-state index in [0.717, 1.165) is 0 Å². The minimum atomic E-state index is -0.741. The molecule has 0 rings (SSSR count). The number of aliphatic carboxylic acids is 1. The summed E-state index contributed by atoms with van der Waals surface area (Å²) in [7, 11) is 0. The molecule has 0 amide bonds. The second-order valence-electron chi connectivity index (χ2n) is 2.07. The number of nitrogens with two attached hydrogens (primary N) is 2. The van der Waals surface area contributed by atoms with E-state index in [2.05, 4.69) is 0 Å². The molecule has 62 valence electrons. The predicted octanol–water partition coefficient (Wildman–Crippen LogP) is -0.369. The fourth-order valence-corrected chi connectivity index (χ4v) is 0. The van der Waals surface area contributed by atoms with Gasteiger partial charge in [0.2, 0.25) is 0 Å². The third-order valence-electron chi connectivity index (χ3n) is 0.661. The van der Waals surface area contributed by atoms with Crippen molar-refractivity contribution in [3.63, 3.8) is 0 Å². The molecule has 0 atom stereocenters. The highest BCUT2D eigenvalue weighted by Crippen LogP contribution is 1.87. The maximum Gasteiger partial charge on any atom is 0.305 e. The van der Waals surface area contributed by atoms with Crippen molar-refractivity contribution in [2.24, 2.45) is 17.4 Å². The first-order chi connectivity index (χ1) is 4.56. The van der Waals surface area contributed by atoms with Gasteiger partial charge in [-0.2, -0.15) is 0 Å². The van der Waals surface area contributed by atoms with Crippen LogP contribution in [-0.2, 0) is 4.79 Å². The number of hydrogen-bond acceptors (Lipinski definition) is 3. The van der Waals surface area contributed by atoms with Crippen LogP contribution in [0.2, 0.25) is 0 Å². The molecule has 0 aromatic carbocycles. The zero-order valence-electron chi connectivity index (χ0n) is 6.50. The summed E-state index contributed by atoms with van der Waals surface area (Å²) in [5.74, 6) is -0.972. The number of hydrogen-bond donors (Lipinski definition) is 3. The molecule has 0 spiro atoms. The molecule has 4 heteroatoms. The van der Waals surface area contributed by atoms with Gasteiger partial charge in [0.15, 0.2) is 0 Å². The van der Waals surface area contributed by atoms with Crippen molar-refractivity contribution >= 4 is 5.97 Å². The lowest BCUT2D eigenvalue weighted by atomic mass is 10.2. The quantitative estimate of drug-likeness (QED) is 0.498. The molecule has 0 bridgehead atoms. The largest absolute Gasteiger partial charge is 0.481 e. The first kappa shape index (κ1) is 12.1. The molecule has 0 aromatic rings. The van der Waals surface area contributed by atoms with Gasteiger partial charge in [-0.25, -0.2) is 0 Å². The lowest BCUT2D eigenvalue weighted by molar-refractivity contribution is -0.140. The summed E-state index contributed by atoms with van der Waals surface area (Å²) in [6.07, 6.45) is 0. The van der Waals surface area contributed by atoms with E-state index in [4.69, 9.17) is 16.6 Å². The molecule has 0 heterocycles. The van der Waals surface area contributed by atoms with E-state index in [-0.39, 0.29) is 5.92 Å². The van der Waals surface area contributed by atoms with Gasteiger partial charge in [0, 0.05) is 13.1 Å². The molecule has 0 saturated heterocycles. The van der Waals surface area contributed by atoms with E-state index in [0.29, 0.717) is 13.1 Å². The normalized spacial score (nSPS) is 8.50. The van der Waals surface area contributed by atoms with Crippen LogP contribution >= 0.6 is 0 Å². The average molecular weight is 148 g/mol. The smallest absolute Gasteiger partial charge is 0.305 e. The van der Waals surface area contributed by atoms with Crippen molar-refractivity contribution in [1.82, 2.24) is 0 Å². The van der Waals surface area contributed by atoms with Gasteiger partial charge in [-0.3, -0.25) is 4.79 Å². The second kappa shape index (κ2) is 8.39. The van der Waals surface area contributed by atoms with Crippen LogP contribution in [0.3, 0.4) is 0 Å². The summed E-state index contributed by atoms with van der Waals surface area (Å²) in [6.45, 7) is 4.48. The summed E-state index contributed by atoms with van der Waals surface area (Å²) in [6, 6.07) is 0. The van der Waals surface area contributed by atoms with E-state index in [9.17, 15) is 4.79 Å². The molecule has 5 N–H and O–H groups in total. The highest BCUT2D eigenvalue weighted by atomic mass is 16.4. The Bertz CT molecular complexity index is 81.8. The number of rotatable bonds is 2. The number of carbonyl (C=O) groups is 1. The fraction of sp³-hybridized carbons (Fsp3) is 0.833. The zero-order chi connectivity index (χ0) is 8.57. The summed E-state index contributed by atoms with van der Waals surface area (Å²) in [5, 5.41) is 7.99. The molecule has 0 saturated carbocycles.